The number of aromatic carboxylic acids is 1. The van der Waals surface area contributed by atoms with E-state index >= 15 is 0 Å². The molecule has 0 saturated heterocycles. The Morgan fingerprint density at radius 3 is 2.62 bits per heavy atom. The van der Waals surface area contributed by atoms with Gasteiger partial charge in [-0.1, -0.05) is 12.1 Å². The minimum absolute atomic E-state index is 0.272. The number of aromatic nitrogens is 1. The van der Waals surface area contributed by atoms with E-state index in [9.17, 15) is 18.0 Å². The molecule has 0 atom stereocenters. The molecule has 0 saturated carbocycles. The van der Waals surface area contributed by atoms with Crippen LogP contribution in [0.4, 0.5) is 13.2 Å². The van der Waals surface area contributed by atoms with Gasteiger partial charge >= 0.3 is 12.1 Å². The number of fused-ring (bicyclic) bond motifs is 1. The summed E-state index contributed by atoms with van der Waals surface area (Å²) in [5, 5.41) is 9.02. The average Bonchev–Trinajstić information content (AvgIpc) is 2.54. The Morgan fingerprint density at radius 2 is 2.00 bits per heavy atom. The molecule has 1 aliphatic rings. The first-order chi connectivity index (χ1) is 11.3. The van der Waals surface area contributed by atoms with Gasteiger partial charge < -0.3 is 5.11 Å². The Hall–Kier alpha value is -2.41. The molecule has 0 aliphatic carbocycles. The van der Waals surface area contributed by atoms with Gasteiger partial charge in [-0.05, 0) is 41.3 Å². The molecule has 3 rings (SSSR count). The Bertz CT molecular complexity index is 757. The number of carboxylic acids is 1. The number of hydrogen-bond donors (Lipinski definition) is 1. The zero-order chi connectivity index (χ0) is 17.3. The van der Waals surface area contributed by atoms with Crippen LogP contribution in [-0.2, 0) is 25.7 Å². The van der Waals surface area contributed by atoms with E-state index in [2.05, 4.69) is 9.88 Å². The number of benzene rings is 1. The van der Waals surface area contributed by atoms with E-state index in [4.69, 9.17) is 5.11 Å². The summed E-state index contributed by atoms with van der Waals surface area (Å²) in [6, 6.07) is 7.50. The van der Waals surface area contributed by atoms with Gasteiger partial charge in [-0.25, -0.2) is 4.79 Å². The number of hydrogen-bond acceptors (Lipinski definition) is 3. The summed E-state index contributed by atoms with van der Waals surface area (Å²) in [4.78, 5) is 16.6. The van der Waals surface area contributed by atoms with E-state index in [1.54, 1.807) is 18.2 Å². The average molecular weight is 336 g/mol. The maximum atomic E-state index is 12.5. The van der Waals surface area contributed by atoms with Gasteiger partial charge in [-0.3, -0.25) is 9.88 Å². The number of rotatable bonds is 3. The fourth-order valence-corrected chi connectivity index (χ4v) is 2.82. The second-order valence-electron chi connectivity index (χ2n) is 5.80. The minimum atomic E-state index is -4.43. The fraction of sp³-hybridized carbons (Fsp3) is 0.294. The van der Waals surface area contributed by atoms with Crippen LogP contribution in [0.25, 0.3) is 0 Å². The first-order valence-electron chi connectivity index (χ1n) is 7.42. The lowest BCUT2D eigenvalue weighted by atomic mass is 9.97. The van der Waals surface area contributed by atoms with E-state index in [0.717, 1.165) is 23.7 Å². The van der Waals surface area contributed by atoms with Crippen molar-refractivity contribution in [2.75, 3.05) is 6.54 Å². The summed E-state index contributed by atoms with van der Waals surface area (Å²) in [5.41, 5.74) is 2.15. The van der Waals surface area contributed by atoms with Crippen molar-refractivity contribution in [3.63, 3.8) is 0 Å². The third-order valence-corrected chi connectivity index (χ3v) is 4.07. The van der Waals surface area contributed by atoms with Crippen molar-refractivity contribution in [1.29, 1.82) is 0 Å². The molecule has 2 aromatic rings. The van der Waals surface area contributed by atoms with Crippen LogP contribution in [0.3, 0.4) is 0 Å². The Balaban J connectivity index is 1.69. The van der Waals surface area contributed by atoms with Crippen molar-refractivity contribution in [2.24, 2.45) is 0 Å². The van der Waals surface area contributed by atoms with E-state index in [0.29, 0.717) is 25.1 Å². The lowest BCUT2D eigenvalue weighted by molar-refractivity contribution is -0.141. The highest BCUT2D eigenvalue weighted by atomic mass is 19.4. The highest BCUT2D eigenvalue weighted by Gasteiger charge is 2.32. The molecule has 1 aromatic carbocycles. The molecule has 1 N–H and O–H groups in total. The molecule has 0 unspecified atom stereocenters. The van der Waals surface area contributed by atoms with Gasteiger partial charge in [0.25, 0.3) is 0 Å². The molecule has 24 heavy (non-hydrogen) atoms. The summed E-state index contributed by atoms with van der Waals surface area (Å²) >= 11 is 0. The van der Waals surface area contributed by atoms with Crippen molar-refractivity contribution >= 4 is 5.97 Å². The molecule has 0 radical (unpaired) electrons. The third kappa shape index (κ3) is 3.56. The topological polar surface area (TPSA) is 53.4 Å². The molecule has 0 bridgehead atoms. The lowest BCUT2D eigenvalue weighted by Crippen LogP contribution is -2.30. The zero-order valence-corrected chi connectivity index (χ0v) is 12.7. The van der Waals surface area contributed by atoms with E-state index < -0.39 is 17.8 Å². The predicted octanol–water partition coefficient (Wildman–Crippen LogP) is 3.36. The van der Waals surface area contributed by atoms with Crippen LogP contribution in [0.2, 0.25) is 0 Å². The maximum absolute atomic E-state index is 12.5. The van der Waals surface area contributed by atoms with Crippen molar-refractivity contribution < 1.29 is 23.1 Å². The van der Waals surface area contributed by atoms with Crippen molar-refractivity contribution in [3.05, 3.63) is 64.5 Å². The third-order valence-electron chi connectivity index (χ3n) is 4.07. The van der Waals surface area contributed by atoms with Crippen LogP contribution in [-0.4, -0.2) is 27.5 Å². The second-order valence-corrected chi connectivity index (χ2v) is 5.80. The molecular formula is C17H15F3N2O2. The number of carboxylic acid groups (broad SMARTS) is 1. The van der Waals surface area contributed by atoms with Gasteiger partial charge in [-0.15, -0.1) is 0 Å². The highest BCUT2D eigenvalue weighted by Crippen LogP contribution is 2.27. The Morgan fingerprint density at radius 1 is 1.21 bits per heavy atom. The molecule has 0 fully saturated rings. The van der Waals surface area contributed by atoms with Gasteiger partial charge in [0.05, 0.1) is 5.56 Å². The zero-order valence-electron chi connectivity index (χ0n) is 12.7. The Kier molecular flexibility index (Phi) is 4.28. The largest absolute Gasteiger partial charge is 0.478 e. The first kappa shape index (κ1) is 16.4. The van der Waals surface area contributed by atoms with Crippen LogP contribution in [0, 0.1) is 0 Å². The van der Waals surface area contributed by atoms with E-state index in [1.807, 2.05) is 0 Å². The van der Waals surface area contributed by atoms with Crippen LogP contribution < -0.4 is 0 Å². The SMILES string of the molecule is O=C(O)c1ccc2c(c1)CCN(Cc1ccc(C(F)(F)F)nc1)C2. The Labute approximate surface area is 136 Å². The molecule has 1 aromatic heterocycles. The smallest absolute Gasteiger partial charge is 0.433 e. The van der Waals surface area contributed by atoms with Crippen LogP contribution >= 0.6 is 0 Å². The van der Waals surface area contributed by atoms with Crippen LogP contribution in [0.5, 0.6) is 0 Å². The fourth-order valence-electron chi connectivity index (χ4n) is 2.82. The normalized spacial score (nSPS) is 15.1. The number of nitrogens with zero attached hydrogens (tertiary/aromatic N) is 2. The highest BCUT2D eigenvalue weighted by molar-refractivity contribution is 5.87. The van der Waals surface area contributed by atoms with Gasteiger partial charge in [0.15, 0.2) is 0 Å². The van der Waals surface area contributed by atoms with Gasteiger partial charge in [0.1, 0.15) is 5.69 Å². The monoisotopic (exact) mass is 336 g/mol. The number of alkyl halides is 3. The van der Waals surface area contributed by atoms with Gasteiger partial charge in [-0.2, -0.15) is 13.2 Å². The molecule has 126 valence electrons. The summed E-state index contributed by atoms with van der Waals surface area (Å²) in [5.74, 6) is -0.948. The van der Waals surface area contributed by atoms with Crippen molar-refractivity contribution in [2.45, 2.75) is 25.7 Å². The van der Waals surface area contributed by atoms with E-state index in [-0.39, 0.29) is 5.56 Å². The van der Waals surface area contributed by atoms with Gasteiger partial charge in [0, 0.05) is 25.8 Å². The van der Waals surface area contributed by atoms with Gasteiger partial charge in [0.2, 0.25) is 0 Å². The first-order valence-corrected chi connectivity index (χ1v) is 7.42. The molecule has 7 heteroatoms. The molecule has 0 spiro atoms. The predicted molar refractivity (Wildman–Crippen MR) is 80.5 cm³/mol. The maximum Gasteiger partial charge on any atom is 0.433 e. The number of carbonyl (C=O) groups is 1. The summed E-state index contributed by atoms with van der Waals surface area (Å²) in [7, 11) is 0. The summed E-state index contributed by atoms with van der Waals surface area (Å²) < 4.78 is 37.6. The van der Waals surface area contributed by atoms with Crippen LogP contribution in [0.15, 0.2) is 36.5 Å². The summed E-state index contributed by atoms with van der Waals surface area (Å²) in [6.07, 6.45) is -2.46. The van der Waals surface area contributed by atoms with Crippen LogP contribution in [0.1, 0.15) is 32.7 Å². The molecule has 0 amide bonds. The molecule has 4 nitrogen and oxygen atoms in total. The second kappa shape index (κ2) is 6.24. The standard InChI is InChI=1S/C17H15F3N2O2/c18-17(19,20)15-4-1-11(8-21-15)9-22-6-5-12-7-13(16(23)24)2-3-14(12)10-22/h1-4,7-8H,5-6,9-10H2,(H,23,24). The number of pyridine rings is 1. The van der Waals surface area contributed by atoms with Crippen molar-refractivity contribution in [1.82, 2.24) is 9.88 Å². The quantitative estimate of drug-likeness (QED) is 0.934. The minimum Gasteiger partial charge on any atom is -0.478 e. The van der Waals surface area contributed by atoms with E-state index in [1.165, 1.54) is 12.3 Å². The number of halogens is 3. The summed E-state index contributed by atoms with van der Waals surface area (Å²) in [6.45, 7) is 1.86. The molecular weight excluding hydrogens is 321 g/mol. The lowest BCUT2D eigenvalue weighted by Gasteiger charge is -2.29. The van der Waals surface area contributed by atoms with Crippen molar-refractivity contribution in [3.8, 4) is 0 Å². The molecule has 2 heterocycles. The molecule has 1 aliphatic heterocycles.